The lowest BCUT2D eigenvalue weighted by Gasteiger charge is -2.27. The Morgan fingerprint density at radius 2 is 1.96 bits per heavy atom. The highest BCUT2D eigenvalue weighted by atomic mass is 16.3. The van der Waals surface area contributed by atoms with E-state index in [2.05, 4.69) is 0 Å². The molecule has 1 aliphatic rings. The van der Waals surface area contributed by atoms with Crippen molar-refractivity contribution in [1.29, 1.82) is 0 Å². The third kappa shape index (κ3) is 5.52. The van der Waals surface area contributed by atoms with Crippen LogP contribution in [0.2, 0.25) is 0 Å². The van der Waals surface area contributed by atoms with Crippen molar-refractivity contribution in [3.05, 3.63) is 29.8 Å². The third-order valence-electron chi connectivity index (χ3n) is 4.45. The number of aliphatic hydroxyl groups excluding tert-OH is 1. The summed E-state index contributed by atoms with van der Waals surface area (Å²) >= 11 is 0. The summed E-state index contributed by atoms with van der Waals surface area (Å²) in [4.78, 5) is 16.4. The Balaban J connectivity index is 1.90. The van der Waals surface area contributed by atoms with E-state index in [-0.39, 0.29) is 11.7 Å². The molecule has 1 atom stereocenters. The van der Waals surface area contributed by atoms with E-state index in [1.54, 1.807) is 24.3 Å². The minimum atomic E-state index is -0.709. The van der Waals surface area contributed by atoms with Crippen LogP contribution < -0.4 is 0 Å². The summed E-state index contributed by atoms with van der Waals surface area (Å²) in [6.07, 6.45) is 3.88. The van der Waals surface area contributed by atoms with Crippen LogP contribution in [0.4, 0.5) is 0 Å². The molecule has 0 radical (unpaired) electrons. The van der Waals surface area contributed by atoms with Crippen LogP contribution in [0.15, 0.2) is 24.3 Å². The van der Waals surface area contributed by atoms with Gasteiger partial charge in [0.2, 0.25) is 5.91 Å². The lowest BCUT2D eigenvalue weighted by Crippen LogP contribution is -2.42. The van der Waals surface area contributed by atoms with Gasteiger partial charge in [0.25, 0.3) is 0 Å². The second-order valence-electron chi connectivity index (χ2n) is 6.23. The molecular weight excluding hydrogens is 292 g/mol. The number of amides is 1. The lowest BCUT2D eigenvalue weighted by atomic mass is 10.1. The number of rotatable bonds is 6. The Morgan fingerprint density at radius 3 is 2.57 bits per heavy atom. The molecule has 1 fully saturated rings. The van der Waals surface area contributed by atoms with Gasteiger partial charge in [-0.3, -0.25) is 9.69 Å². The second-order valence-corrected chi connectivity index (χ2v) is 6.23. The van der Waals surface area contributed by atoms with E-state index in [1.165, 1.54) is 12.8 Å². The van der Waals surface area contributed by atoms with E-state index >= 15 is 0 Å². The van der Waals surface area contributed by atoms with Gasteiger partial charge in [0.05, 0.1) is 12.6 Å². The van der Waals surface area contributed by atoms with Crippen LogP contribution >= 0.6 is 0 Å². The Hall–Kier alpha value is -1.59. The molecule has 0 spiro atoms. The number of nitrogens with zero attached hydrogens (tertiary/aromatic N) is 2. The van der Waals surface area contributed by atoms with Crippen molar-refractivity contribution in [2.45, 2.75) is 38.7 Å². The highest BCUT2D eigenvalue weighted by Gasteiger charge is 2.20. The van der Waals surface area contributed by atoms with Gasteiger partial charge in [0.15, 0.2) is 0 Å². The van der Waals surface area contributed by atoms with Gasteiger partial charge in [-0.25, -0.2) is 0 Å². The molecule has 0 bridgehead atoms. The smallest absolute Gasteiger partial charge is 0.236 e. The van der Waals surface area contributed by atoms with Crippen LogP contribution in [0.5, 0.6) is 5.75 Å². The van der Waals surface area contributed by atoms with Gasteiger partial charge < -0.3 is 15.1 Å². The van der Waals surface area contributed by atoms with Gasteiger partial charge in [0, 0.05) is 19.6 Å². The fourth-order valence-corrected chi connectivity index (χ4v) is 3.00. The monoisotopic (exact) mass is 320 g/mol. The zero-order chi connectivity index (χ0) is 16.7. The normalized spacial score (nSPS) is 17.1. The minimum Gasteiger partial charge on any atom is -0.508 e. The highest BCUT2D eigenvalue weighted by molar-refractivity contribution is 5.78. The number of phenols is 1. The topological polar surface area (TPSA) is 64.0 Å². The number of likely N-dealkylation sites (tertiary alicyclic amines) is 1. The Bertz CT molecular complexity index is 499. The Kier molecular flexibility index (Phi) is 6.86. The molecule has 0 aromatic heterocycles. The molecule has 0 unspecified atom stereocenters. The molecule has 0 aliphatic carbocycles. The summed E-state index contributed by atoms with van der Waals surface area (Å²) in [5.41, 5.74) is 0.672. The molecule has 1 heterocycles. The number of carbonyl (C=O) groups is 1. The molecule has 2 rings (SSSR count). The second kappa shape index (κ2) is 8.89. The van der Waals surface area contributed by atoms with Crippen molar-refractivity contribution < 1.29 is 15.0 Å². The quantitative estimate of drug-likeness (QED) is 0.843. The van der Waals surface area contributed by atoms with Crippen molar-refractivity contribution in [1.82, 2.24) is 9.80 Å². The lowest BCUT2D eigenvalue weighted by molar-refractivity contribution is -0.132. The van der Waals surface area contributed by atoms with Crippen molar-refractivity contribution >= 4 is 5.91 Å². The first-order valence-electron chi connectivity index (χ1n) is 8.57. The summed E-state index contributed by atoms with van der Waals surface area (Å²) in [5, 5.41) is 19.8. The summed E-state index contributed by atoms with van der Waals surface area (Å²) in [7, 11) is 0. The SMILES string of the molecule is CCN(CC(=O)N1CCCCCC1)C[C@@H](O)c1cccc(O)c1. The fourth-order valence-electron chi connectivity index (χ4n) is 3.00. The van der Waals surface area contributed by atoms with Crippen LogP contribution in [0.25, 0.3) is 0 Å². The van der Waals surface area contributed by atoms with E-state index in [9.17, 15) is 15.0 Å². The summed E-state index contributed by atoms with van der Waals surface area (Å²) in [5.74, 6) is 0.294. The molecule has 128 valence electrons. The van der Waals surface area contributed by atoms with Crippen LogP contribution in [-0.2, 0) is 4.79 Å². The van der Waals surface area contributed by atoms with E-state index in [1.807, 2.05) is 16.7 Å². The summed E-state index contributed by atoms with van der Waals surface area (Å²) in [6.45, 7) is 5.13. The van der Waals surface area contributed by atoms with Gasteiger partial charge in [-0.1, -0.05) is 31.9 Å². The van der Waals surface area contributed by atoms with Crippen molar-refractivity contribution in [2.75, 3.05) is 32.7 Å². The van der Waals surface area contributed by atoms with Crippen molar-refractivity contribution in [3.63, 3.8) is 0 Å². The fraction of sp³-hybridized carbons (Fsp3) is 0.611. The minimum absolute atomic E-state index is 0.144. The number of aliphatic hydroxyl groups is 1. The van der Waals surface area contributed by atoms with Crippen LogP contribution in [-0.4, -0.2) is 58.6 Å². The number of hydrogen-bond donors (Lipinski definition) is 2. The molecule has 5 heteroatoms. The molecule has 1 amide bonds. The maximum atomic E-state index is 12.5. The van der Waals surface area contributed by atoms with E-state index in [0.717, 1.165) is 25.9 Å². The molecule has 0 saturated carbocycles. The molecule has 1 saturated heterocycles. The van der Waals surface area contributed by atoms with Gasteiger partial charge in [-0.2, -0.15) is 0 Å². The van der Waals surface area contributed by atoms with E-state index in [4.69, 9.17) is 0 Å². The first-order chi connectivity index (χ1) is 11.1. The summed E-state index contributed by atoms with van der Waals surface area (Å²) in [6, 6.07) is 6.65. The predicted octanol–water partition coefficient (Wildman–Crippen LogP) is 2.15. The van der Waals surface area contributed by atoms with Gasteiger partial charge in [-0.05, 0) is 37.1 Å². The molecule has 5 nitrogen and oxygen atoms in total. The van der Waals surface area contributed by atoms with Crippen LogP contribution in [0.3, 0.4) is 0 Å². The molecular formula is C18H28N2O3. The first-order valence-corrected chi connectivity index (χ1v) is 8.57. The number of phenolic OH excluding ortho intramolecular Hbond substituents is 1. The molecule has 1 aliphatic heterocycles. The van der Waals surface area contributed by atoms with Crippen molar-refractivity contribution in [3.8, 4) is 5.75 Å². The number of aromatic hydroxyl groups is 1. The zero-order valence-corrected chi connectivity index (χ0v) is 13.9. The number of benzene rings is 1. The summed E-state index contributed by atoms with van der Waals surface area (Å²) < 4.78 is 0. The standard InChI is InChI=1S/C18H28N2O3/c1-2-19(13-17(22)15-8-7-9-16(21)12-15)14-18(23)20-10-5-3-4-6-11-20/h7-9,12,17,21-22H,2-6,10-11,13-14H2,1H3/t17-/m1/s1. The van der Waals surface area contributed by atoms with Gasteiger partial charge in [-0.15, -0.1) is 0 Å². The van der Waals surface area contributed by atoms with E-state index < -0.39 is 6.10 Å². The third-order valence-corrected chi connectivity index (χ3v) is 4.45. The molecule has 1 aromatic carbocycles. The largest absolute Gasteiger partial charge is 0.508 e. The first kappa shape index (κ1) is 17.8. The maximum absolute atomic E-state index is 12.5. The van der Waals surface area contributed by atoms with Crippen LogP contribution in [0.1, 0.15) is 44.3 Å². The van der Waals surface area contributed by atoms with Crippen LogP contribution in [0, 0.1) is 0 Å². The average Bonchev–Trinajstić information content (AvgIpc) is 2.83. The highest BCUT2D eigenvalue weighted by Crippen LogP contribution is 2.19. The van der Waals surface area contributed by atoms with Gasteiger partial charge >= 0.3 is 0 Å². The van der Waals surface area contributed by atoms with Crippen molar-refractivity contribution in [2.24, 2.45) is 0 Å². The van der Waals surface area contributed by atoms with E-state index in [0.29, 0.717) is 25.2 Å². The number of likely N-dealkylation sites (N-methyl/N-ethyl adjacent to an activating group) is 1. The molecule has 2 N–H and O–H groups in total. The molecule has 23 heavy (non-hydrogen) atoms. The maximum Gasteiger partial charge on any atom is 0.236 e. The predicted molar refractivity (Wildman–Crippen MR) is 90.2 cm³/mol. The van der Waals surface area contributed by atoms with Gasteiger partial charge in [0.1, 0.15) is 5.75 Å². The Morgan fingerprint density at radius 1 is 1.26 bits per heavy atom. The zero-order valence-electron chi connectivity index (χ0n) is 13.9. The number of hydrogen-bond acceptors (Lipinski definition) is 4. The Labute approximate surface area is 138 Å². The number of carbonyl (C=O) groups excluding carboxylic acids is 1. The molecule has 1 aromatic rings. The average molecular weight is 320 g/mol.